The Balaban J connectivity index is 1.70. The molecule has 1 heterocycles. The average Bonchev–Trinajstić information content (AvgIpc) is 2.77. The molecule has 1 aromatic carbocycles. The van der Waals surface area contributed by atoms with E-state index < -0.39 is 0 Å². The highest BCUT2D eigenvalue weighted by Gasteiger charge is 2.16. The second kappa shape index (κ2) is 13.3. The minimum Gasteiger partial charge on any atom is -0.497 e. The van der Waals surface area contributed by atoms with Crippen molar-refractivity contribution in [2.24, 2.45) is 0 Å². The molecule has 0 spiro atoms. The van der Waals surface area contributed by atoms with Gasteiger partial charge in [-0.15, -0.1) is 0 Å². The van der Waals surface area contributed by atoms with E-state index in [9.17, 15) is 5.11 Å². The number of aliphatic hydroxyl groups excluding tert-OH is 1. The summed E-state index contributed by atoms with van der Waals surface area (Å²) in [6.07, 6.45) is 10.9. The van der Waals surface area contributed by atoms with Gasteiger partial charge in [-0.25, -0.2) is 0 Å². The number of rotatable bonds is 11. The maximum atomic E-state index is 9.54. The van der Waals surface area contributed by atoms with Gasteiger partial charge >= 0.3 is 0 Å². The molecule has 0 radical (unpaired) electrons. The Hall–Kier alpha value is -2.04. The van der Waals surface area contributed by atoms with Gasteiger partial charge in [-0.05, 0) is 76.3 Å². The SMILES string of the molecule is COc1ccc(N2CCN(C/C=C(\C)CC/C=C(\CO)CCC=C(C)C)CC2)cc1. The van der Waals surface area contributed by atoms with Crippen LogP contribution in [-0.2, 0) is 0 Å². The second-order valence-electron chi connectivity index (χ2n) is 8.42. The van der Waals surface area contributed by atoms with Crippen molar-refractivity contribution in [1.29, 1.82) is 0 Å². The Morgan fingerprint density at radius 2 is 1.60 bits per heavy atom. The number of piperazine rings is 1. The molecule has 0 bridgehead atoms. The molecular weight excluding hydrogens is 372 g/mol. The molecule has 166 valence electrons. The minimum absolute atomic E-state index is 0.178. The lowest BCUT2D eigenvalue weighted by Crippen LogP contribution is -2.46. The Bertz CT molecular complexity index is 707. The average molecular weight is 413 g/mol. The van der Waals surface area contributed by atoms with Crippen molar-refractivity contribution in [1.82, 2.24) is 4.90 Å². The molecule has 4 heteroatoms. The van der Waals surface area contributed by atoms with E-state index in [2.05, 4.69) is 60.9 Å². The van der Waals surface area contributed by atoms with Crippen LogP contribution in [0.1, 0.15) is 46.5 Å². The van der Waals surface area contributed by atoms with Gasteiger partial charge in [0.05, 0.1) is 13.7 Å². The largest absolute Gasteiger partial charge is 0.497 e. The van der Waals surface area contributed by atoms with Gasteiger partial charge < -0.3 is 14.7 Å². The zero-order valence-corrected chi connectivity index (χ0v) is 19.4. The van der Waals surface area contributed by atoms with Crippen molar-refractivity contribution in [3.8, 4) is 5.75 Å². The maximum absolute atomic E-state index is 9.54. The van der Waals surface area contributed by atoms with Gasteiger partial charge in [0, 0.05) is 38.4 Å². The topological polar surface area (TPSA) is 35.9 Å². The standard InChI is InChI=1S/C26H40N2O2/c1-22(2)7-5-9-24(21-29)10-6-8-23(3)15-16-27-17-19-28(20-18-27)25-11-13-26(30-4)14-12-25/h7,10-15,29H,5-6,8-9,16-21H2,1-4H3/b23-15+,24-10-. The van der Waals surface area contributed by atoms with Crippen molar-refractivity contribution in [3.63, 3.8) is 0 Å². The molecule has 1 aromatic rings. The van der Waals surface area contributed by atoms with Crippen LogP contribution in [0.15, 0.2) is 59.2 Å². The van der Waals surface area contributed by atoms with E-state index in [1.165, 1.54) is 16.8 Å². The molecule has 30 heavy (non-hydrogen) atoms. The van der Waals surface area contributed by atoms with E-state index in [0.717, 1.165) is 69.7 Å². The summed E-state index contributed by atoms with van der Waals surface area (Å²) in [5.74, 6) is 0.909. The van der Waals surface area contributed by atoms with Crippen molar-refractivity contribution in [3.05, 3.63) is 59.2 Å². The zero-order valence-electron chi connectivity index (χ0n) is 19.4. The molecule has 0 amide bonds. The summed E-state index contributed by atoms with van der Waals surface area (Å²) in [7, 11) is 1.71. The first-order valence-corrected chi connectivity index (χ1v) is 11.2. The number of allylic oxidation sites excluding steroid dienone is 4. The molecule has 1 aliphatic heterocycles. The number of aliphatic hydroxyl groups is 1. The Labute approximate surface area is 183 Å². The van der Waals surface area contributed by atoms with Gasteiger partial charge in [0.1, 0.15) is 5.75 Å². The van der Waals surface area contributed by atoms with Crippen LogP contribution in [0, 0.1) is 0 Å². The third kappa shape index (κ3) is 8.76. The molecular formula is C26H40N2O2. The fourth-order valence-electron chi connectivity index (χ4n) is 3.66. The number of methoxy groups -OCH3 is 1. The lowest BCUT2D eigenvalue weighted by atomic mass is 10.1. The fraction of sp³-hybridized carbons (Fsp3) is 0.538. The highest BCUT2D eigenvalue weighted by atomic mass is 16.5. The Morgan fingerprint density at radius 1 is 0.933 bits per heavy atom. The third-order valence-electron chi connectivity index (χ3n) is 5.70. The fourth-order valence-corrected chi connectivity index (χ4v) is 3.66. The quantitative estimate of drug-likeness (QED) is 0.506. The highest BCUT2D eigenvalue weighted by Crippen LogP contribution is 2.20. The maximum Gasteiger partial charge on any atom is 0.119 e. The molecule has 0 aromatic heterocycles. The Kier molecular flexibility index (Phi) is 10.7. The molecule has 0 saturated carbocycles. The summed E-state index contributed by atoms with van der Waals surface area (Å²) < 4.78 is 5.25. The molecule has 4 nitrogen and oxygen atoms in total. The predicted octanol–water partition coefficient (Wildman–Crippen LogP) is 5.21. The molecule has 1 saturated heterocycles. The normalized spacial score (nSPS) is 16.0. The second-order valence-corrected chi connectivity index (χ2v) is 8.42. The molecule has 1 fully saturated rings. The van der Waals surface area contributed by atoms with E-state index in [1.807, 2.05) is 12.1 Å². The van der Waals surface area contributed by atoms with Crippen LogP contribution in [0.2, 0.25) is 0 Å². The van der Waals surface area contributed by atoms with E-state index in [4.69, 9.17) is 4.74 Å². The molecule has 0 atom stereocenters. The number of ether oxygens (including phenoxy) is 1. The number of hydrogen-bond donors (Lipinski definition) is 1. The van der Waals surface area contributed by atoms with Crippen molar-refractivity contribution in [2.45, 2.75) is 46.5 Å². The van der Waals surface area contributed by atoms with Crippen LogP contribution >= 0.6 is 0 Å². The minimum atomic E-state index is 0.178. The molecule has 0 unspecified atom stereocenters. The van der Waals surface area contributed by atoms with Gasteiger partial charge in [-0.1, -0.05) is 29.4 Å². The van der Waals surface area contributed by atoms with Crippen molar-refractivity contribution >= 4 is 5.69 Å². The monoisotopic (exact) mass is 412 g/mol. The summed E-state index contributed by atoms with van der Waals surface area (Å²) in [6, 6.07) is 8.36. The first-order chi connectivity index (χ1) is 14.5. The number of nitrogens with zero attached hydrogens (tertiary/aromatic N) is 2. The summed E-state index contributed by atoms with van der Waals surface area (Å²) in [6.45, 7) is 12.0. The number of anilines is 1. The van der Waals surface area contributed by atoms with E-state index in [-0.39, 0.29) is 6.61 Å². The molecule has 2 rings (SSSR count). The van der Waals surface area contributed by atoms with Crippen LogP contribution in [0.5, 0.6) is 5.75 Å². The lowest BCUT2D eigenvalue weighted by Gasteiger charge is -2.35. The first kappa shape index (κ1) is 24.2. The number of hydrogen-bond acceptors (Lipinski definition) is 4. The van der Waals surface area contributed by atoms with Gasteiger partial charge in [-0.2, -0.15) is 0 Å². The van der Waals surface area contributed by atoms with E-state index in [0.29, 0.717) is 0 Å². The van der Waals surface area contributed by atoms with Gasteiger partial charge in [0.15, 0.2) is 0 Å². The van der Waals surface area contributed by atoms with Gasteiger partial charge in [0.25, 0.3) is 0 Å². The highest BCUT2D eigenvalue weighted by molar-refractivity contribution is 5.49. The van der Waals surface area contributed by atoms with Crippen LogP contribution in [0.3, 0.4) is 0 Å². The smallest absolute Gasteiger partial charge is 0.119 e. The number of benzene rings is 1. The van der Waals surface area contributed by atoms with Crippen LogP contribution < -0.4 is 9.64 Å². The van der Waals surface area contributed by atoms with Crippen LogP contribution in [0.4, 0.5) is 5.69 Å². The zero-order chi connectivity index (χ0) is 21.8. The predicted molar refractivity (Wildman–Crippen MR) is 128 cm³/mol. The molecule has 0 aliphatic carbocycles. The van der Waals surface area contributed by atoms with Crippen LogP contribution in [0.25, 0.3) is 0 Å². The Morgan fingerprint density at radius 3 is 2.20 bits per heavy atom. The van der Waals surface area contributed by atoms with Gasteiger partial charge in [-0.3, -0.25) is 4.90 Å². The van der Waals surface area contributed by atoms with E-state index in [1.54, 1.807) is 7.11 Å². The summed E-state index contributed by atoms with van der Waals surface area (Å²) in [5, 5.41) is 9.54. The lowest BCUT2D eigenvalue weighted by molar-refractivity contribution is 0.283. The van der Waals surface area contributed by atoms with Crippen LogP contribution in [-0.4, -0.2) is 56.4 Å². The van der Waals surface area contributed by atoms with E-state index >= 15 is 0 Å². The van der Waals surface area contributed by atoms with Gasteiger partial charge in [0.2, 0.25) is 0 Å². The molecule has 1 aliphatic rings. The summed E-state index contributed by atoms with van der Waals surface area (Å²) in [5.41, 5.74) is 5.22. The summed E-state index contributed by atoms with van der Waals surface area (Å²) in [4.78, 5) is 4.97. The van der Waals surface area contributed by atoms with Crippen molar-refractivity contribution in [2.75, 3.05) is 51.3 Å². The third-order valence-corrected chi connectivity index (χ3v) is 5.70. The van der Waals surface area contributed by atoms with Crippen molar-refractivity contribution < 1.29 is 9.84 Å². The first-order valence-electron chi connectivity index (χ1n) is 11.2. The molecule has 1 N–H and O–H groups in total. The summed E-state index contributed by atoms with van der Waals surface area (Å²) >= 11 is 0.